The molecule has 3 nitrogen and oxygen atoms in total. The summed E-state index contributed by atoms with van der Waals surface area (Å²) in [7, 11) is 3.64. The minimum Gasteiger partial charge on any atom is -0.469 e. The van der Waals surface area contributed by atoms with Gasteiger partial charge in [0.05, 0.1) is 13.0 Å². The van der Waals surface area contributed by atoms with Crippen molar-refractivity contribution in [3.05, 3.63) is 34.9 Å². The lowest BCUT2D eigenvalue weighted by molar-refractivity contribution is -0.146. The number of rotatable bonds is 1. The summed E-state index contributed by atoms with van der Waals surface area (Å²) < 4.78 is 5.11. The normalized spacial score (nSPS) is 34.0. The first-order valence-corrected chi connectivity index (χ1v) is 7.98. The molecule has 2 bridgehead atoms. The smallest absolute Gasteiger partial charge is 0.314 e. The highest BCUT2D eigenvalue weighted by Gasteiger charge is 2.47. The molecule has 3 heteroatoms. The summed E-state index contributed by atoms with van der Waals surface area (Å²) in [6.45, 7) is 1.85. The molecule has 0 aromatic heterocycles. The Morgan fingerprint density at radius 2 is 2.18 bits per heavy atom. The summed E-state index contributed by atoms with van der Waals surface area (Å²) >= 11 is 0. The van der Waals surface area contributed by atoms with Crippen LogP contribution in [0.3, 0.4) is 0 Å². The molecule has 1 aliphatic carbocycles. The van der Waals surface area contributed by atoms with Gasteiger partial charge in [0.15, 0.2) is 0 Å². The highest BCUT2D eigenvalue weighted by molar-refractivity contribution is 5.78. The molecule has 2 heterocycles. The van der Waals surface area contributed by atoms with Gasteiger partial charge in [-0.3, -0.25) is 9.69 Å². The molecule has 0 aromatic carbocycles. The van der Waals surface area contributed by atoms with Crippen LogP contribution in [0.4, 0.5) is 0 Å². The molecule has 0 amide bonds. The monoisotopic (exact) mass is 297 g/mol. The molecule has 3 aliphatic rings. The molecular formula is C19H23NO2. The van der Waals surface area contributed by atoms with Crippen molar-refractivity contribution in [2.24, 2.45) is 5.92 Å². The number of ether oxygens (including phenoxy) is 1. The van der Waals surface area contributed by atoms with Crippen LogP contribution in [0.5, 0.6) is 0 Å². The van der Waals surface area contributed by atoms with E-state index in [9.17, 15) is 4.79 Å². The van der Waals surface area contributed by atoms with Crippen LogP contribution in [-0.2, 0) is 9.53 Å². The maximum atomic E-state index is 12.4. The molecule has 0 N–H and O–H groups in total. The molecule has 3 unspecified atom stereocenters. The third kappa shape index (κ3) is 2.53. The zero-order valence-corrected chi connectivity index (χ0v) is 13.6. The van der Waals surface area contributed by atoms with Crippen LogP contribution in [0.25, 0.3) is 0 Å². The van der Waals surface area contributed by atoms with Gasteiger partial charge in [0.2, 0.25) is 0 Å². The second-order valence-electron chi connectivity index (χ2n) is 6.29. The SMILES string of the molecule is CC#CC1=CC/C(=C2/CC3CCC(C2C(=O)OC)N3C)C=C1. The van der Waals surface area contributed by atoms with Gasteiger partial charge >= 0.3 is 5.97 Å². The van der Waals surface area contributed by atoms with Gasteiger partial charge in [0.25, 0.3) is 0 Å². The summed E-state index contributed by atoms with van der Waals surface area (Å²) in [5.74, 6) is 5.83. The number of nitrogens with zero attached hydrogens (tertiary/aromatic N) is 1. The van der Waals surface area contributed by atoms with Crippen molar-refractivity contribution < 1.29 is 9.53 Å². The topological polar surface area (TPSA) is 29.5 Å². The van der Waals surface area contributed by atoms with E-state index in [1.54, 1.807) is 0 Å². The van der Waals surface area contributed by atoms with Crippen LogP contribution in [-0.4, -0.2) is 37.1 Å². The summed E-state index contributed by atoms with van der Waals surface area (Å²) in [6, 6.07) is 0.866. The number of fused-ring (bicyclic) bond motifs is 2. The standard InChI is InChI=1S/C19H23NO2/c1-4-5-13-6-8-14(9-7-13)16-12-15-10-11-17(20(15)2)18(16)19(21)22-3/h6-8,15,17-18H,9-12H2,1-3H3/b16-14-. The first-order chi connectivity index (χ1) is 10.7. The number of hydrogen-bond donors (Lipinski definition) is 0. The van der Waals surface area contributed by atoms with Crippen LogP contribution in [0, 0.1) is 17.8 Å². The van der Waals surface area contributed by atoms with Crippen molar-refractivity contribution in [2.75, 3.05) is 14.2 Å². The minimum atomic E-state index is -0.111. The fourth-order valence-electron chi connectivity index (χ4n) is 4.08. The second kappa shape index (κ2) is 6.14. The molecular weight excluding hydrogens is 274 g/mol. The number of methoxy groups -OCH3 is 1. The van der Waals surface area contributed by atoms with Crippen LogP contribution in [0.2, 0.25) is 0 Å². The molecule has 2 aliphatic heterocycles. The van der Waals surface area contributed by atoms with Gasteiger partial charge in [-0.05, 0) is 56.9 Å². The summed E-state index contributed by atoms with van der Waals surface area (Å²) in [5, 5.41) is 0. The number of piperidine rings is 1. The van der Waals surface area contributed by atoms with E-state index in [-0.39, 0.29) is 11.9 Å². The van der Waals surface area contributed by atoms with Crippen molar-refractivity contribution in [1.82, 2.24) is 4.90 Å². The predicted molar refractivity (Wildman–Crippen MR) is 87.0 cm³/mol. The number of hydrogen-bond acceptors (Lipinski definition) is 3. The van der Waals surface area contributed by atoms with E-state index in [0.29, 0.717) is 12.1 Å². The summed E-state index contributed by atoms with van der Waals surface area (Å²) in [4.78, 5) is 14.8. The van der Waals surface area contributed by atoms with Crippen LogP contribution in [0.15, 0.2) is 34.9 Å². The number of carbonyl (C=O) groups is 1. The van der Waals surface area contributed by atoms with E-state index in [0.717, 1.165) is 24.8 Å². The molecule has 0 aromatic rings. The minimum absolute atomic E-state index is 0.0868. The lowest BCUT2D eigenvalue weighted by Crippen LogP contribution is -2.47. The van der Waals surface area contributed by atoms with Crippen molar-refractivity contribution in [2.45, 2.75) is 44.7 Å². The van der Waals surface area contributed by atoms with Crippen molar-refractivity contribution in [3.8, 4) is 11.8 Å². The quantitative estimate of drug-likeness (QED) is 0.550. The number of allylic oxidation sites excluding steroid dienone is 5. The van der Waals surface area contributed by atoms with E-state index in [4.69, 9.17) is 4.74 Å². The molecule has 22 heavy (non-hydrogen) atoms. The van der Waals surface area contributed by atoms with E-state index >= 15 is 0 Å². The van der Waals surface area contributed by atoms with Crippen molar-refractivity contribution >= 4 is 5.97 Å². The molecule has 0 radical (unpaired) electrons. The molecule has 2 saturated heterocycles. The molecule has 3 atom stereocenters. The van der Waals surface area contributed by atoms with Crippen molar-refractivity contribution in [3.63, 3.8) is 0 Å². The second-order valence-corrected chi connectivity index (χ2v) is 6.29. The summed E-state index contributed by atoms with van der Waals surface area (Å²) in [5.41, 5.74) is 3.63. The first-order valence-electron chi connectivity index (χ1n) is 7.98. The van der Waals surface area contributed by atoms with Crippen molar-refractivity contribution in [1.29, 1.82) is 0 Å². The van der Waals surface area contributed by atoms with Gasteiger partial charge in [0.1, 0.15) is 0 Å². The Kier molecular flexibility index (Phi) is 4.22. The first kappa shape index (κ1) is 15.1. The fraction of sp³-hybridized carbons (Fsp3) is 0.526. The average Bonchev–Trinajstić information content (AvgIpc) is 2.77. The van der Waals surface area contributed by atoms with Gasteiger partial charge in [-0.15, -0.1) is 5.92 Å². The maximum absolute atomic E-state index is 12.4. The maximum Gasteiger partial charge on any atom is 0.314 e. The third-order valence-electron chi connectivity index (χ3n) is 5.25. The Bertz CT molecular complexity index is 630. The Labute approximate surface area is 132 Å². The fourth-order valence-corrected chi connectivity index (χ4v) is 4.08. The number of esters is 1. The molecule has 3 rings (SSSR count). The van der Waals surface area contributed by atoms with Crippen LogP contribution < -0.4 is 0 Å². The van der Waals surface area contributed by atoms with E-state index in [1.165, 1.54) is 24.7 Å². The number of carbonyl (C=O) groups excluding carboxylic acids is 1. The van der Waals surface area contributed by atoms with E-state index in [1.807, 2.05) is 6.92 Å². The van der Waals surface area contributed by atoms with E-state index < -0.39 is 0 Å². The van der Waals surface area contributed by atoms with Gasteiger partial charge < -0.3 is 4.74 Å². The van der Waals surface area contributed by atoms with Gasteiger partial charge in [-0.1, -0.05) is 18.1 Å². The zero-order valence-electron chi connectivity index (χ0n) is 13.6. The lowest BCUT2D eigenvalue weighted by atomic mass is 9.80. The molecule has 116 valence electrons. The average molecular weight is 297 g/mol. The predicted octanol–water partition coefficient (Wildman–Crippen LogP) is 2.85. The van der Waals surface area contributed by atoms with Gasteiger partial charge in [-0.25, -0.2) is 0 Å². The van der Waals surface area contributed by atoms with Crippen LogP contribution in [0.1, 0.15) is 32.6 Å². The Hall–Kier alpha value is -1.79. The van der Waals surface area contributed by atoms with Gasteiger partial charge in [-0.2, -0.15) is 0 Å². The van der Waals surface area contributed by atoms with E-state index in [2.05, 4.69) is 42.0 Å². The zero-order chi connectivity index (χ0) is 15.7. The third-order valence-corrected chi connectivity index (χ3v) is 5.25. The Morgan fingerprint density at radius 1 is 1.36 bits per heavy atom. The lowest BCUT2D eigenvalue weighted by Gasteiger charge is -2.39. The molecule has 2 fully saturated rings. The Balaban J connectivity index is 1.94. The van der Waals surface area contributed by atoms with Crippen LogP contribution >= 0.6 is 0 Å². The van der Waals surface area contributed by atoms with Gasteiger partial charge in [0, 0.05) is 17.7 Å². The highest BCUT2D eigenvalue weighted by atomic mass is 16.5. The highest BCUT2D eigenvalue weighted by Crippen LogP contribution is 2.44. The Morgan fingerprint density at radius 3 is 2.82 bits per heavy atom. The largest absolute Gasteiger partial charge is 0.469 e. The summed E-state index contributed by atoms with van der Waals surface area (Å²) in [6.07, 6.45) is 10.5. The molecule has 0 saturated carbocycles. The molecule has 0 spiro atoms.